The topological polar surface area (TPSA) is 157 Å². The average Bonchev–Trinajstić information content (AvgIpc) is 3.47. The minimum Gasteiger partial charge on any atom is -0.339 e. The lowest BCUT2D eigenvalue weighted by Crippen LogP contribution is -2.37. The van der Waals surface area contributed by atoms with Gasteiger partial charge in [-0.15, -0.1) is 10.2 Å². The molecule has 3 aromatic rings. The SMILES string of the molecule is CCCCCCCc1nc(-c2ccc(-c3nnc([C@@](C)(N)COP(=O)(O)O)s3)cc2C(F)(F)F)no1. The van der Waals surface area contributed by atoms with Gasteiger partial charge in [0.15, 0.2) is 0 Å². The van der Waals surface area contributed by atoms with Gasteiger partial charge in [0.05, 0.1) is 17.7 Å². The van der Waals surface area contributed by atoms with Crippen LogP contribution in [0.2, 0.25) is 0 Å². The standard InChI is InChI=1S/C21H27F3N5O5PS/c1-3-4-5-6-7-8-16-26-17(29-34-16)14-10-9-13(11-15(14)21(22,23)24)18-27-28-19(36-18)20(2,25)12-33-35(30,31)32/h9-11H,3-8,12,25H2,1-2H3,(H2,30,31,32)/t20-/m0/s1. The van der Waals surface area contributed by atoms with Gasteiger partial charge in [0, 0.05) is 17.5 Å². The van der Waals surface area contributed by atoms with Crippen molar-refractivity contribution in [1.82, 2.24) is 20.3 Å². The molecule has 1 aromatic carbocycles. The summed E-state index contributed by atoms with van der Waals surface area (Å²) in [6.45, 7) is 2.95. The monoisotopic (exact) mass is 549 g/mol. The van der Waals surface area contributed by atoms with E-state index in [9.17, 15) is 17.7 Å². The number of halogens is 3. The van der Waals surface area contributed by atoms with E-state index in [-0.39, 0.29) is 32.9 Å². The second-order valence-corrected chi connectivity index (χ2v) is 10.7. The van der Waals surface area contributed by atoms with Crippen molar-refractivity contribution in [3.63, 3.8) is 0 Å². The van der Waals surface area contributed by atoms with Crippen LogP contribution in [0.25, 0.3) is 22.0 Å². The highest BCUT2D eigenvalue weighted by Crippen LogP contribution is 2.41. The summed E-state index contributed by atoms with van der Waals surface area (Å²) in [5.74, 6) is 0.131. The van der Waals surface area contributed by atoms with Crippen LogP contribution in [-0.4, -0.2) is 36.7 Å². The maximum atomic E-state index is 13.9. The molecule has 10 nitrogen and oxygen atoms in total. The highest BCUT2D eigenvalue weighted by molar-refractivity contribution is 7.46. The van der Waals surface area contributed by atoms with Crippen molar-refractivity contribution in [1.29, 1.82) is 0 Å². The molecule has 2 heterocycles. The Kier molecular flexibility index (Phi) is 9.02. The number of phosphoric acid groups is 1. The van der Waals surface area contributed by atoms with Crippen molar-refractivity contribution in [2.75, 3.05) is 6.61 Å². The Bertz CT molecular complexity index is 1210. The van der Waals surface area contributed by atoms with Gasteiger partial charge >= 0.3 is 14.0 Å². The lowest BCUT2D eigenvalue weighted by atomic mass is 10.0. The number of rotatable bonds is 12. The van der Waals surface area contributed by atoms with Crippen LogP contribution in [-0.2, 0) is 27.2 Å². The van der Waals surface area contributed by atoms with E-state index in [4.69, 9.17) is 20.0 Å². The molecule has 4 N–H and O–H groups in total. The van der Waals surface area contributed by atoms with Crippen LogP contribution in [0.5, 0.6) is 0 Å². The van der Waals surface area contributed by atoms with Crippen LogP contribution in [0, 0.1) is 0 Å². The largest absolute Gasteiger partial charge is 0.469 e. The Hall–Kier alpha value is -2.22. The number of nitrogens with two attached hydrogens (primary N) is 1. The molecule has 2 aromatic heterocycles. The fraction of sp³-hybridized carbons (Fsp3) is 0.524. The Morgan fingerprint density at radius 2 is 1.89 bits per heavy atom. The normalized spacial score (nSPS) is 14.2. The van der Waals surface area contributed by atoms with E-state index in [1.54, 1.807) is 0 Å². The van der Waals surface area contributed by atoms with E-state index in [0.717, 1.165) is 49.5 Å². The molecule has 1 atom stereocenters. The first-order chi connectivity index (χ1) is 16.8. The summed E-state index contributed by atoms with van der Waals surface area (Å²) in [7, 11) is -4.77. The summed E-state index contributed by atoms with van der Waals surface area (Å²) in [6.07, 6.45) is 0.877. The number of hydrogen-bond acceptors (Lipinski definition) is 9. The third kappa shape index (κ3) is 7.64. The highest BCUT2D eigenvalue weighted by Gasteiger charge is 2.36. The molecule has 0 fully saturated rings. The molecule has 0 aliphatic rings. The van der Waals surface area contributed by atoms with Gasteiger partial charge in [-0.25, -0.2) is 4.57 Å². The van der Waals surface area contributed by atoms with Crippen LogP contribution >= 0.6 is 19.2 Å². The maximum Gasteiger partial charge on any atom is 0.469 e. The minimum atomic E-state index is -4.77. The van der Waals surface area contributed by atoms with Crippen LogP contribution in [0.3, 0.4) is 0 Å². The summed E-state index contributed by atoms with van der Waals surface area (Å²) in [6, 6.07) is 3.59. The molecule has 198 valence electrons. The van der Waals surface area contributed by atoms with E-state index < -0.39 is 31.7 Å². The van der Waals surface area contributed by atoms with Gasteiger partial charge < -0.3 is 20.0 Å². The number of phosphoric ester groups is 1. The Morgan fingerprint density at radius 3 is 2.56 bits per heavy atom. The number of benzene rings is 1. The molecule has 0 amide bonds. The summed E-state index contributed by atoms with van der Waals surface area (Å²) in [5.41, 5.74) is 3.53. The first-order valence-electron chi connectivity index (χ1n) is 11.2. The van der Waals surface area contributed by atoms with Gasteiger partial charge in [-0.2, -0.15) is 18.2 Å². The second-order valence-electron chi connectivity index (χ2n) is 8.53. The number of alkyl halides is 3. The predicted molar refractivity (Wildman–Crippen MR) is 126 cm³/mol. The number of unbranched alkanes of at least 4 members (excludes halogenated alkanes) is 4. The molecule has 3 rings (SSSR count). The second kappa shape index (κ2) is 11.4. The average molecular weight is 550 g/mol. The summed E-state index contributed by atoms with van der Waals surface area (Å²) in [4.78, 5) is 21.9. The molecule has 36 heavy (non-hydrogen) atoms. The van der Waals surface area contributed by atoms with Crippen LogP contribution < -0.4 is 5.73 Å². The number of hydrogen-bond donors (Lipinski definition) is 3. The van der Waals surface area contributed by atoms with Gasteiger partial charge in [-0.1, -0.05) is 55.2 Å². The third-order valence-electron chi connectivity index (χ3n) is 5.22. The Balaban J connectivity index is 1.83. The molecular formula is C21H27F3N5O5PS. The molecule has 0 radical (unpaired) electrons. The van der Waals surface area contributed by atoms with Crippen molar-refractivity contribution < 1.29 is 36.6 Å². The molecule has 0 bridgehead atoms. The van der Waals surface area contributed by atoms with E-state index in [2.05, 4.69) is 31.8 Å². The molecular weight excluding hydrogens is 522 g/mol. The van der Waals surface area contributed by atoms with Crippen molar-refractivity contribution in [3.8, 4) is 22.0 Å². The fourth-order valence-corrected chi connectivity index (χ4v) is 4.62. The zero-order valence-corrected chi connectivity index (χ0v) is 21.4. The molecule has 0 saturated carbocycles. The van der Waals surface area contributed by atoms with Crippen molar-refractivity contribution in [2.24, 2.45) is 5.73 Å². The highest BCUT2D eigenvalue weighted by atomic mass is 32.1. The van der Waals surface area contributed by atoms with Crippen molar-refractivity contribution in [2.45, 2.75) is 64.1 Å². The molecule has 0 aliphatic heterocycles. The Labute approximate surface area is 209 Å². The zero-order chi connectivity index (χ0) is 26.6. The van der Waals surface area contributed by atoms with Crippen LogP contribution in [0.4, 0.5) is 13.2 Å². The smallest absolute Gasteiger partial charge is 0.339 e. The van der Waals surface area contributed by atoms with E-state index in [0.29, 0.717) is 6.42 Å². The molecule has 15 heteroatoms. The van der Waals surface area contributed by atoms with E-state index in [1.165, 1.54) is 19.1 Å². The number of nitrogens with zero attached hydrogens (tertiary/aromatic N) is 4. The quantitative estimate of drug-likeness (QED) is 0.206. The first kappa shape index (κ1) is 28.4. The number of aromatic nitrogens is 4. The van der Waals surface area contributed by atoms with Gasteiger partial charge in [0.25, 0.3) is 0 Å². The molecule has 0 aliphatic carbocycles. The lowest BCUT2D eigenvalue weighted by Gasteiger charge is -2.21. The van der Waals surface area contributed by atoms with Gasteiger partial charge in [-0.05, 0) is 25.5 Å². The summed E-state index contributed by atoms with van der Waals surface area (Å²) < 4.78 is 62.4. The van der Waals surface area contributed by atoms with Gasteiger partial charge in [0.2, 0.25) is 11.7 Å². The lowest BCUT2D eigenvalue weighted by molar-refractivity contribution is -0.137. The van der Waals surface area contributed by atoms with Crippen LogP contribution in [0.15, 0.2) is 22.7 Å². The van der Waals surface area contributed by atoms with E-state index in [1.807, 2.05) is 0 Å². The van der Waals surface area contributed by atoms with Crippen molar-refractivity contribution in [3.05, 3.63) is 34.7 Å². The maximum absolute atomic E-state index is 13.9. The van der Waals surface area contributed by atoms with Gasteiger partial charge in [-0.3, -0.25) is 4.52 Å². The number of aryl methyl sites for hydroxylation is 1. The molecule has 0 saturated heterocycles. The minimum absolute atomic E-state index is 0.126. The van der Waals surface area contributed by atoms with Gasteiger partial charge in [0.1, 0.15) is 10.0 Å². The first-order valence-corrected chi connectivity index (χ1v) is 13.5. The fourth-order valence-electron chi connectivity index (χ4n) is 3.30. The molecule has 0 spiro atoms. The van der Waals surface area contributed by atoms with Crippen LogP contribution in [0.1, 0.15) is 62.4 Å². The summed E-state index contributed by atoms with van der Waals surface area (Å²) in [5, 5.41) is 11.8. The Morgan fingerprint density at radius 1 is 1.17 bits per heavy atom. The van der Waals surface area contributed by atoms with E-state index >= 15 is 0 Å². The molecule has 0 unspecified atom stereocenters. The predicted octanol–water partition coefficient (Wildman–Crippen LogP) is 5.07. The summed E-state index contributed by atoms with van der Waals surface area (Å²) >= 11 is 0.886. The van der Waals surface area contributed by atoms with Crippen molar-refractivity contribution >= 4 is 19.2 Å². The zero-order valence-electron chi connectivity index (χ0n) is 19.7. The third-order valence-corrected chi connectivity index (χ3v) is 6.94.